The number of rotatable bonds is 3. The molecule has 0 aliphatic rings. The van der Waals surface area contributed by atoms with Crippen molar-refractivity contribution in [2.24, 2.45) is 0 Å². The van der Waals surface area contributed by atoms with Crippen LogP contribution in [0.15, 0.2) is 40.9 Å². The molecule has 0 amide bonds. The van der Waals surface area contributed by atoms with Crippen LogP contribution in [-0.4, -0.2) is 0 Å². The fourth-order valence-corrected chi connectivity index (χ4v) is 2.38. The predicted molar refractivity (Wildman–Crippen MR) is 82.7 cm³/mol. The van der Waals surface area contributed by atoms with Crippen LogP contribution < -0.4 is 5.32 Å². The SMILES string of the molecule is Cc1ccc(CNc2cccc(Cl)c2Cl)cc1Br. The molecular formula is C14H12BrCl2N. The second-order valence-corrected chi connectivity index (χ2v) is 5.68. The fraction of sp³-hybridized carbons (Fsp3) is 0.143. The molecule has 0 atom stereocenters. The molecule has 0 radical (unpaired) electrons. The highest BCUT2D eigenvalue weighted by Gasteiger charge is 2.04. The second kappa shape index (κ2) is 5.96. The molecule has 2 rings (SSSR count). The van der Waals surface area contributed by atoms with Gasteiger partial charge in [0.1, 0.15) is 0 Å². The minimum atomic E-state index is 0.561. The van der Waals surface area contributed by atoms with E-state index in [0.29, 0.717) is 16.6 Å². The second-order valence-electron chi connectivity index (χ2n) is 4.04. The predicted octanol–water partition coefficient (Wildman–Crippen LogP) is 5.68. The number of aryl methyl sites for hydroxylation is 1. The van der Waals surface area contributed by atoms with Gasteiger partial charge in [-0.2, -0.15) is 0 Å². The number of hydrogen-bond donors (Lipinski definition) is 1. The number of nitrogens with one attached hydrogen (secondary N) is 1. The highest BCUT2D eigenvalue weighted by Crippen LogP contribution is 2.30. The maximum atomic E-state index is 6.11. The van der Waals surface area contributed by atoms with Gasteiger partial charge in [-0.15, -0.1) is 0 Å². The molecule has 0 bridgehead atoms. The maximum absolute atomic E-state index is 6.11. The smallest absolute Gasteiger partial charge is 0.0823 e. The highest BCUT2D eigenvalue weighted by molar-refractivity contribution is 9.10. The Kier molecular flexibility index (Phi) is 4.55. The normalized spacial score (nSPS) is 10.4. The number of benzene rings is 2. The Balaban J connectivity index is 2.11. The van der Waals surface area contributed by atoms with Crippen LogP contribution in [0.5, 0.6) is 0 Å². The van der Waals surface area contributed by atoms with Crippen LogP contribution in [0.4, 0.5) is 5.69 Å². The molecule has 1 N–H and O–H groups in total. The van der Waals surface area contributed by atoms with Crippen LogP contribution in [0.25, 0.3) is 0 Å². The number of anilines is 1. The van der Waals surface area contributed by atoms with Crippen molar-refractivity contribution < 1.29 is 0 Å². The molecule has 1 nitrogen and oxygen atoms in total. The summed E-state index contributed by atoms with van der Waals surface area (Å²) in [6.07, 6.45) is 0. The van der Waals surface area contributed by atoms with Crippen LogP contribution in [-0.2, 0) is 6.54 Å². The first-order chi connectivity index (χ1) is 8.58. The van der Waals surface area contributed by atoms with Crippen molar-refractivity contribution in [3.8, 4) is 0 Å². The Morgan fingerprint density at radius 2 is 1.94 bits per heavy atom. The monoisotopic (exact) mass is 343 g/mol. The van der Waals surface area contributed by atoms with Crippen LogP contribution in [0.2, 0.25) is 10.0 Å². The Morgan fingerprint density at radius 3 is 2.67 bits per heavy atom. The average molecular weight is 345 g/mol. The van der Waals surface area contributed by atoms with Gasteiger partial charge in [-0.25, -0.2) is 0 Å². The van der Waals surface area contributed by atoms with Crippen LogP contribution in [0, 0.1) is 6.92 Å². The Bertz CT molecular complexity index is 570. The van der Waals surface area contributed by atoms with Crippen molar-refractivity contribution in [1.29, 1.82) is 0 Å². The van der Waals surface area contributed by atoms with Crippen LogP contribution in [0.1, 0.15) is 11.1 Å². The van der Waals surface area contributed by atoms with Gasteiger partial charge in [0.05, 0.1) is 15.7 Å². The van der Waals surface area contributed by atoms with E-state index in [0.717, 1.165) is 10.2 Å². The minimum Gasteiger partial charge on any atom is -0.380 e. The lowest BCUT2D eigenvalue weighted by molar-refractivity contribution is 1.14. The van der Waals surface area contributed by atoms with Crippen molar-refractivity contribution >= 4 is 44.8 Å². The van der Waals surface area contributed by atoms with E-state index in [2.05, 4.69) is 46.4 Å². The Labute approximate surface area is 125 Å². The molecule has 0 aliphatic carbocycles. The third-order valence-electron chi connectivity index (χ3n) is 2.67. The van der Waals surface area contributed by atoms with E-state index in [4.69, 9.17) is 23.2 Å². The molecule has 18 heavy (non-hydrogen) atoms. The molecule has 0 spiro atoms. The molecule has 2 aromatic carbocycles. The standard InChI is InChI=1S/C14H12BrCl2N/c1-9-5-6-10(7-11(9)15)8-18-13-4-2-3-12(16)14(13)17/h2-7,18H,8H2,1H3. The number of hydrogen-bond acceptors (Lipinski definition) is 1. The molecule has 94 valence electrons. The molecule has 0 fully saturated rings. The van der Waals surface area contributed by atoms with Crippen molar-refractivity contribution in [1.82, 2.24) is 0 Å². The zero-order valence-electron chi connectivity index (χ0n) is 9.81. The van der Waals surface area contributed by atoms with E-state index in [1.165, 1.54) is 11.1 Å². The summed E-state index contributed by atoms with van der Waals surface area (Å²) >= 11 is 15.6. The minimum absolute atomic E-state index is 0.561. The molecule has 0 saturated heterocycles. The first-order valence-corrected chi connectivity index (χ1v) is 7.06. The van der Waals surface area contributed by atoms with Crippen molar-refractivity contribution in [2.45, 2.75) is 13.5 Å². The van der Waals surface area contributed by atoms with Gasteiger partial charge in [0.15, 0.2) is 0 Å². The lowest BCUT2D eigenvalue weighted by Crippen LogP contribution is -2.00. The average Bonchev–Trinajstić information content (AvgIpc) is 2.35. The molecule has 4 heteroatoms. The summed E-state index contributed by atoms with van der Waals surface area (Å²) < 4.78 is 1.11. The zero-order chi connectivity index (χ0) is 13.1. The molecule has 2 aromatic rings. The summed E-state index contributed by atoms with van der Waals surface area (Å²) in [5.74, 6) is 0. The molecular weight excluding hydrogens is 333 g/mol. The van der Waals surface area contributed by atoms with Crippen LogP contribution >= 0.6 is 39.1 Å². The third kappa shape index (κ3) is 3.19. The van der Waals surface area contributed by atoms with Crippen molar-refractivity contribution in [3.63, 3.8) is 0 Å². The highest BCUT2D eigenvalue weighted by atomic mass is 79.9. The summed E-state index contributed by atoms with van der Waals surface area (Å²) in [6, 6.07) is 11.8. The first-order valence-electron chi connectivity index (χ1n) is 5.51. The maximum Gasteiger partial charge on any atom is 0.0823 e. The Hall–Kier alpha value is -0.700. The van der Waals surface area contributed by atoms with E-state index in [1.54, 1.807) is 6.07 Å². The van der Waals surface area contributed by atoms with E-state index in [9.17, 15) is 0 Å². The van der Waals surface area contributed by atoms with Gasteiger partial charge in [-0.3, -0.25) is 0 Å². The quantitative estimate of drug-likeness (QED) is 0.755. The van der Waals surface area contributed by atoms with E-state index in [1.807, 2.05) is 12.1 Å². The van der Waals surface area contributed by atoms with Gasteiger partial charge in [0.25, 0.3) is 0 Å². The van der Waals surface area contributed by atoms with Gasteiger partial charge in [0.2, 0.25) is 0 Å². The molecule has 0 saturated carbocycles. The largest absolute Gasteiger partial charge is 0.380 e. The molecule has 0 aliphatic heterocycles. The molecule has 0 aromatic heterocycles. The van der Waals surface area contributed by atoms with E-state index in [-0.39, 0.29) is 0 Å². The fourth-order valence-electron chi connectivity index (χ4n) is 1.58. The number of halogens is 3. The molecule has 0 unspecified atom stereocenters. The summed E-state index contributed by atoms with van der Waals surface area (Å²) in [7, 11) is 0. The van der Waals surface area contributed by atoms with E-state index < -0.39 is 0 Å². The van der Waals surface area contributed by atoms with Gasteiger partial charge < -0.3 is 5.32 Å². The van der Waals surface area contributed by atoms with Crippen LogP contribution in [0.3, 0.4) is 0 Å². The lowest BCUT2D eigenvalue weighted by Gasteiger charge is -2.10. The van der Waals surface area contributed by atoms with Gasteiger partial charge in [0, 0.05) is 11.0 Å². The van der Waals surface area contributed by atoms with E-state index >= 15 is 0 Å². The van der Waals surface area contributed by atoms with Gasteiger partial charge in [-0.05, 0) is 36.2 Å². The first kappa shape index (κ1) is 13.7. The summed E-state index contributed by atoms with van der Waals surface area (Å²) in [5, 5.41) is 4.40. The van der Waals surface area contributed by atoms with Crippen molar-refractivity contribution in [2.75, 3.05) is 5.32 Å². The van der Waals surface area contributed by atoms with Crippen molar-refractivity contribution in [3.05, 3.63) is 62.0 Å². The lowest BCUT2D eigenvalue weighted by atomic mass is 10.1. The summed E-state index contributed by atoms with van der Waals surface area (Å²) in [4.78, 5) is 0. The summed E-state index contributed by atoms with van der Waals surface area (Å²) in [5.41, 5.74) is 3.25. The zero-order valence-corrected chi connectivity index (χ0v) is 12.9. The Morgan fingerprint density at radius 1 is 1.17 bits per heavy atom. The third-order valence-corrected chi connectivity index (χ3v) is 4.34. The van der Waals surface area contributed by atoms with Gasteiger partial charge >= 0.3 is 0 Å². The topological polar surface area (TPSA) is 12.0 Å². The summed E-state index contributed by atoms with van der Waals surface area (Å²) in [6.45, 7) is 2.77. The molecule has 0 heterocycles. The van der Waals surface area contributed by atoms with Gasteiger partial charge in [-0.1, -0.05) is 57.3 Å².